The van der Waals surface area contributed by atoms with Crippen LogP contribution in [0.4, 0.5) is 13.2 Å². The van der Waals surface area contributed by atoms with E-state index in [4.69, 9.17) is 4.74 Å². The van der Waals surface area contributed by atoms with Gasteiger partial charge in [0.2, 0.25) is 0 Å². The van der Waals surface area contributed by atoms with E-state index in [9.17, 15) is 4.39 Å². The molecule has 0 spiro atoms. The predicted octanol–water partition coefficient (Wildman–Crippen LogP) is 11.0. The highest BCUT2D eigenvalue weighted by Gasteiger charge is 2.29. The molecule has 2 aromatic carbocycles. The second-order valence-corrected chi connectivity index (χ2v) is 12.5. The van der Waals surface area contributed by atoms with Crippen LogP contribution in [0.1, 0.15) is 139 Å². The number of ether oxygens (including phenoxy) is 1. The Balaban J connectivity index is 1.20. The molecular formula is C35H49F3O. The fourth-order valence-corrected chi connectivity index (χ4v) is 6.80. The number of aryl methyl sites for hydroxylation is 1. The summed E-state index contributed by atoms with van der Waals surface area (Å²) in [6.45, 7) is 5.10. The van der Waals surface area contributed by atoms with Crippen molar-refractivity contribution in [1.29, 1.82) is 0 Å². The zero-order chi connectivity index (χ0) is 27.6. The van der Waals surface area contributed by atoms with Gasteiger partial charge in [-0.15, -0.1) is 0 Å². The van der Waals surface area contributed by atoms with Gasteiger partial charge in [-0.2, -0.15) is 0 Å². The Kier molecular flexibility index (Phi) is 11.6. The molecule has 2 fully saturated rings. The topological polar surface area (TPSA) is 9.23 Å². The second-order valence-electron chi connectivity index (χ2n) is 12.5. The number of halogens is 3. The van der Waals surface area contributed by atoms with E-state index in [1.54, 1.807) is 0 Å². The minimum absolute atomic E-state index is 0.0796. The molecule has 2 aromatic rings. The van der Waals surface area contributed by atoms with Gasteiger partial charge in [-0.3, -0.25) is 0 Å². The van der Waals surface area contributed by atoms with Gasteiger partial charge in [0.25, 0.3) is 0 Å². The summed E-state index contributed by atoms with van der Waals surface area (Å²) >= 11 is 0. The van der Waals surface area contributed by atoms with Crippen molar-refractivity contribution in [2.45, 2.75) is 128 Å². The first-order valence-corrected chi connectivity index (χ1v) is 15.8. The lowest BCUT2D eigenvalue weighted by Crippen LogP contribution is -2.17. The molecule has 2 saturated carbocycles. The number of rotatable bonds is 13. The third-order valence-electron chi connectivity index (χ3n) is 9.50. The minimum Gasteiger partial charge on any atom is -0.493 e. The van der Waals surface area contributed by atoms with Gasteiger partial charge in [0.05, 0.1) is 6.61 Å². The van der Waals surface area contributed by atoms with Crippen LogP contribution in [0.15, 0.2) is 30.3 Å². The quantitative estimate of drug-likeness (QED) is 0.229. The van der Waals surface area contributed by atoms with Crippen molar-refractivity contribution in [1.82, 2.24) is 0 Å². The van der Waals surface area contributed by atoms with Gasteiger partial charge in [-0.1, -0.05) is 77.0 Å². The van der Waals surface area contributed by atoms with Gasteiger partial charge in [0.1, 0.15) is 11.6 Å². The molecule has 0 aromatic heterocycles. The van der Waals surface area contributed by atoms with Crippen molar-refractivity contribution < 1.29 is 17.9 Å². The van der Waals surface area contributed by atoms with E-state index in [1.165, 1.54) is 31.7 Å². The summed E-state index contributed by atoms with van der Waals surface area (Å²) in [5.41, 5.74) is 1.88. The Hall–Kier alpha value is -1.97. The average Bonchev–Trinajstić information content (AvgIpc) is 2.94. The fraction of sp³-hybridized carbons (Fsp3) is 0.657. The van der Waals surface area contributed by atoms with Crippen molar-refractivity contribution in [2.75, 3.05) is 6.61 Å². The first-order chi connectivity index (χ1) is 19.0. The van der Waals surface area contributed by atoms with Gasteiger partial charge in [0.15, 0.2) is 11.6 Å². The molecule has 2 aliphatic carbocycles. The first-order valence-electron chi connectivity index (χ1n) is 15.8. The van der Waals surface area contributed by atoms with Crippen molar-refractivity contribution in [2.24, 2.45) is 11.8 Å². The van der Waals surface area contributed by atoms with E-state index in [1.807, 2.05) is 24.3 Å². The lowest BCUT2D eigenvalue weighted by Gasteiger charge is -2.30. The van der Waals surface area contributed by atoms with E-state index < -0.39 is 11.6 Å². The molecule has 4 heteroatoms. The largest absolute Gasteiger partial charge is 0.493 e. The molecule has 0 amide bonds. The molecule has 0 bridgehead atoms. The highest BCUT2D eigenvalue weighted by Crippen LogP contribution is 2.42. The number of hydrogen-bond acceptors (Lipinski definition) is 1. The lowest BCUT2D eigenvalue weighted by atomic mass is 9.75. The van der Waals surface area contributed by atoms with Gasteiger partial charge >= 0.3 is 0 Å². The summed E-state index contributed by atoms with van der Waals surface area (Å²) in [7, 11) is 0. The van der Waals surface area contributed by atoms with Crippen LogP contribution in [0.3, 0.4) is 0 Å². The fourth-order valence-electron chi connectivity index (χ4n) is 6.80. The SMILES string of the molecule is CCCCCCCCOc1ccc(CCC2CCC(c3ccc(C4CCC(C)CC4)c(F)c3F)CC2)c(F)c1. The van der Waals surface area contributed by atoms with Crippen LogP contribution in [0.5, 0.6) is 5.75 Å². The summed E-state index contributed by atoms with van der Waals surface area (Å²) in [5, 5.41) is 0. The van der Waals surface area contributed by atoms with Crippen molar-refractivity contribution in [3.8, 4) is 5.75 Å². The molecule has 39 heavy (non-hydrogen) atoms. The number of hydrogen-bond donors (Lipinski definition) is 0. The van der Waals surface area contributed by atoms with Gasteiger partial charge in [-0.05, 0) is 104 Å². The van der Waals surface area contributed by atoms with Crippen LogP contribution in [-0.4, -0.2) is 6.61 Å². The van der Waals surface area contributed by atoms with E-state index in [0.717, 1.165) is 76.2 Å². The van der Waals surface area contributed by atoms with E-state index >= 15 is 8.78 Å². The maximum absolute atomic E-state index is 15.2. The number of unbranched alkanes of at least 4 members (excludes halogenated alkanes) is 5. The number of benzene rings is 2. The third kappa shape index (κ3) is 8.51. The predicted molar refractivity (Wildman–Crippen MR) is 155 cm³/mol. The Morgan fingerprint density at radius 1 is 0.718 bits per heavy atom. The van der Waals surface area contributed by atoms with Crippen LogP contribution < -0.4 is 4.74 Å². The van der Waals surface area contributed by atoms with Crippen molar-refractivity contribution in [3.05, 3.63) is 64.5 Å². The maximum atomic E-state index is 15.2. The van der Waals surface area contributed by atoms with E-state index in [-0.39, 0.29) is 17.7 Å². The maximum Gasteiger partial charge on any atom is 0.162 e. The smallest absolute Gasteiger partial charge is 0.162 e. The molecule has 0 saturated heterocycles. The van der Waals surface area contributed by atoms with Crippen LogP contribution >= 0.6 is 0 Å². The van der Waals surface area contributed by atoms with Crippen LogP contribution in [0.25, 0.3) is 0 Å². The van der Waals surface area contributed by atoms with E-state index in [2.05, 4.69) is 13.8 Å². The third-order valence-corrected chi connectivity index (χ3v) is 9.50. The summed E-state index contributed by atoms with van der Waals surface area (Å²) in [6, 6.07) is 9.01. The first kappa shape index (κ1) is 30.0. The molecule has 0 aliphatic heterocycles. The lowest BCUT2D eigenvalue weighted by molar-refractivity contribution is 0.300. The standard InChI is InChI=1S/C35H49F3O/c1-3-4-5-6-7-8-23-39-30-20-19-29(33(36)24-30)18-13-26-11-16-28(17-12-26)32-22-21-31(34(37)35(32)38)27-14-9-25(2)10-15-27/h19-22,24-28H,3-18,23H2,1-2H3. The molecule has 2 aliphatic rings. The zero-order valence-electron chi connectivity index (χ0n) is 24.3. The second kappa shape index (κ2) is 15.1. The highest BCUT2D eigenvalue weighted by molar-refractivity contribution is 5.32. The molecule has 1 nitrogen and oxygen atoms in total. The Labute approximate surface area is 234 Å². The van der Waals surface area contributed by atoms with Crippen LogP contribution in [-0.2, 0) is 6.42 Å². The molecule has 0 heterocycles. The normalized spacial score (nSPS) is 23.6. The van der Waals surface area contributed by atoms with Gasteiger partial charge in [0, 0.05) is 6.07 Å². The Bertz CT molecular complexity index is 1020. The van der Waals surface area contributed by atoms with Gasteiger partial charge < -0.3 is 4.74 Å². The van der Waals surface area contributed by atoms with Crippen molar-refractivity contribution in [3.63, 3.8) is 0 Å². The summed E-state index contributed by atoms with van der Waals surface area (Å²) in [4.78, 5) is 0. The molecule has 0 atom stereocenters. The molecule has 216 valence electrons. The highest BCUT2D eigenvalue weighted by atomic mass is 19.2. The van der Waals surface area contributed by atoms with Crippen LogP contribution in [0.2, 0.25) is 0 Å². The zero-order valence-corrected chi connectivity index (χ0v) is 24.3. The Morgan fingerprint density at radius 2 is 1.31 bits per heavy atom. The molecular weight excluding hydrogens is 493 g/mol. The summed E-state index contributed by atoms with van der Waals surface area (Å²) in [5.74, 6) is 0.629. The molecule has 4 rings (SSSR count). The Morgan fingerprint density at radius 3 is 1.92 bits per heavy atom. The minimum atomic E-state index is -0.615. The van der Waals surface area contributed by atoms with Gasteiger partial charge in [-0.25, -0.2) is 13.2 Å². The van der Waals surface area contributed by atoms with E-state index in [0.29, 0.717) is 41.7 Å². The van der Waals surface area contributed by atoms with Crippen LogP contribution in [0, 0.1) is 29.3 Å². The summed E-state index contributed by atoms with van der Waals surface area (Å²) in [6.07, 6.45) is 16.7. The average molecular weight is 543 g/mol. The molecule has 0 radical (unpaired) electrons. The van der Waals surface area contributed by atoms with Crippen molar-refractivity contribution >= 4 is 0 Å². The monoisotopic (exact) mass is 542 g/mol. The molecule has 0 unspecified atom stereocenters. The molecule has 0 N–H and O–H groups in total. The summed E-state index contributed by atoms with van der Waals surface area (Å²) < 4.78 is 50.7.